The van der Waals surface area contributed by atoms with Gasteiger partial charge in [-0.25, -0.2) is 0 Å². The van der Waals surface area contributed by atoms with Crippen LogP contribution < -0.4 is 0 Å². The summed E-state index contributed by atoms with van der Waals surface area (Å²) in [6.07, 6.45) is 4.81. The molecule has 1 heterocycles. The molecule has 2 nitrogen and oxygen atoms in total. The minimum atomic E-state index is 0.701. The highest BCUT2D eigenvalue weighted by Gasteiger charge is 2.03. The van der Waals surface area contributed by atoms with Gasteiger partial charge in [-0.05, 0) is 12.0 Å². The standard InChI is InChI=1S/C11H13NO/c1-2-4-11(5-3-1)6-7-12-8-9-13-10-12/h1-5,8-9H,6-7,10H2. The number of benzene rings is 1. The quantitative estimate of drug-likeness (QED) is 0.696. The molecule has 0 aliphatic carbocycles. The van der Waals surface area contributed by atoms with E-state index in [1.165, 1.54) is 5.56 Å². The Hall–Kier alpha value is -1.44. The first-order valence-electron chi connectivity index (χ1n) is 4.51. The number of hydrogen-bond donors (Lipinski definition) is 0. The lowest BCUT2D eigenvalue weighted by Crippen LogP contribution is -2.18. The first-order valence-corrected chi connectivity index (χ1v) is 4.51. The van der Waals surface area contributed by atoms with Crippen molar-refractivity contribution in [1.29, 1.82) is 0 Å². The van der Waals surface area contributed by atoms with Crippen LogP contribution in [0.4, 0.5) is 0 Å². The van der Waals surface area contributed by atoms with Crippen LogP contribution in [0.25, 0.3) is 0 Å². The van der Waals surface area contributed by atoms with Crippen LogP contribution in [0.2, 0.25) is 0 Å². The number of nitrogens with zero attached hydrogens (tertiary/aromatic N) is 1. The molecule has 1 aliphatic heterocycles. The fourth-order valence-electron chi connectivity index (χ4n) is 1.37. The van der Waals surface area contributed by atoms with E-state index in [9.17, 15) is 0 Å². The summed E-state index contributed by atoms with van der Waals surface area (Å²) < 4.78 is 5.09. The molecule has 0 fully saturated rings. The molecule has 0 spiro atoms. The first kappa shape index (κ1) is 8.17. The molecular weight excluding hydrogens is 162 g/mol. The van der Waals surface area contributed by atoms with Crippen LogP contribution in [0.5, 0.6) is 0 Å². The zero-order valence-corrected chi connectivity index (χ0v) is 7.52. The average Bonchev–Trinajstić information content (AvgIpc) is 2.69. The van der Waals surface area contributed by atoms with E-state index in [-0.39, 0.29) is 0 Å². The van der Waals surface area contributed by atoms with Gasteiger partial charge in [0.1, 0.15) is 6.26 Å². The number of hydrogen-bond acceptors (Lipinski definition) is 2. The maximum atomic E-state index is 5.09. The Morgan fingerprint density at radius 1 is 1.23 bits per heavy atom. The molecule has 0 aromatic heterocycles. The fraction of sp³-hybridized carbons (Fsp3) is 0.273. The van der Waals surface area contributed by atoms with E-state index in [1.54, 1.807) is 6.26 Å². The largest absolute Gasteiger partial charge is 0.479 e. The normalized spacial score (nSPS) is 14.6. The zero-order chi connectivity index (χ0) is 8.93. The third-order valence-electron chi connectivity index (χ3n) is 2.14. The topological polar surface area (TPSA) is 12.5 Å². The molecule has 0 N–H and O–H groups in total. The highest BCUT2D eigenvalue weighted by Crippen LogP contribution is 2.04. The first-order chi connectivity index (χ1) is 6.45. The highest BCUT2D eigenvalue weighted by molar-refractivity contribution is 5.14. The maximum absolute atomic E-state index is 5.09. The van der Waals surface area contributed by atoms with Crippen LogP contribution in [0.1, 0.15) is 5.56 Å². The van der Waals surface area contributed by atoms with E-state index in [4.69, 9.17) is 4.74 Å². The Kier molecular flexibility index (Phi) is 2.51. The molecule has 2 heteroatoms. The minimum absolute atomic E-state index is 0.701. The molecule has 0 unspecified atom stereocenters. The van der Waals surface area contributed by atoms with E-state index in [0.29, 0.717) is 6.73 Å². The molecule has 2 rings (SSSR count). The van der Waals surface area contributed by atoms with Crippen molar-refractivity contribution >= 4 is 0 Å². The van der Waals surface area contributed by atoms with Crippen LogP contribution in [-0.4, -0.2) is 18.2 Å². The molecule has 0 saturated carbocycles. The van der Waals surface area contributed by atoms with Crippen molar-refractivity contribution in [3.05, 3.63) is 48.4 Å². The van der Waals surface area contributed by atoms with Gasteiger partial charge in [-0.2, -0.15) is 0 Å². The number of ether oxygens (including phenoxy) is 1. The maximum Gasteiger partial charge on any atom is 0.160 e. The van der Waals surface area contributed by atoms with Gasteiger partial charge in [0.2, 0.25) is 0 Å². The van der Waals surface area contributed by atoms with Crippen LogP contribution in [0.3, 0.4) is 0 Å². The predicted octanol–water partition coefficient (Wildman–Crippen LogP) is 1.99. The molecule has 68 valence electrons. The minimum Gasteiger partial charge on any atom is -0.479 e. The summed E-state index contributed by atoms with van der Waals surface area (Å²) >= 11 is 0. The summed E-state index contributed by atoms with van der Waals surface area (Å²) in [6, 6.07) is 10.5. The van der Waals surface area contributed by atoms with Crippen molar-refractivity contribution in [2.45, 2.75) is 6.42 Å². The van der Waals surface area contributed by atoms with Gasteiger partial charge in [-0.1, -0.05) is 30.3 Å². The van der Waals surface area contributed by atoms with E-state index in [2.05, 4.69) is 29.2 Å². The molecule has 0 radical (unpaired) electrons. The Bertz CT molecular complexity index is 281. The molecule has 0 amide bonds. The lowest BCUT2D eigenvalue weighted by atomic mass is 10.1. The number of rotatable bonds is 3. The van der Waals surface area contributed by atoms with Crippen LogP contribution in [-0.2, 0) is 11.2 Å². The van der Waals surface area contributed by atoms with Gasteiger partial charge in [-0.15, -0.1) is 0 Å². The molecule has 1 aromatic rings. The van der Waals surface area contributed by atoms with Crippen molar-refractivity contribution in [2.24, 2.45) is 0 Å². The molecule has 1 aromatic carbocycles. The second kappa shape index (κ2) is 3.99. The lowest BCUT2D eigenvalue weighted by Gasteiger charge is -2.12. The summed E-state index contributed by atoms with van der Waals surface area (Å²) in [4.78, 5) is 2.16. The summed E-state index contributed by atoms with van der Waals surface area (Å²) in [6.45, 7) is 1.73. The van der Waals surface area contributed by atoms with Gasteiger partial charge in [0.15, 0.2) is 6.73 Å². The molecular formula is C11H13NO. The average molecular weight is 175 g/mol. The Morgan fingerprint density at radius 3 is 2.77 bits per heavy atom. The van der Waals surface area contributed by atoms with Crippen LogP contribution in [0, 0.1) is 0 Å². The summed E-state index contributed by atoms with van der Waals surface area (Å²) in [5, 5.41) is 0. The fourth-order valence-corrected chi connectivity index (χ4v) is 1.37. The van der Waals surface area contributed by atoms with E-state index < -0.39 is 0 Å². The Morgan fingerprint density at radius 2 is 2.08 bits per heavy atom. The lowest BCUT2D eigenvalue weighted by molar-refractivity contribution is 0.172. The molecule has 0 atom stereocenters. The molecule has 13 heavy (non-hydrogen) atoms. The van der Waals surface area contributed by atoms with E-state index >= 15 is 0 Å². The molecule has 0 bridgehead atoms. The Balaban J connectivity index is 1.82. The third kappa shape index (κ3) is 2.25. The Labute approximate surface area is 78.4 Å². The van der Waals surface area contributed by atoms with Crippen LogP contribution in [0.15, 0.2) is 42.8 Å². The summed E-state index contributed by atoms with van der Waals surface area (Å²) in [7, 11) is 0. The summed E-state index contributed by atoms with van der Waals surface area (Å²) in [5.74, 6) is 0. The second-order valence-corrected chi connectivity index (χ2v) is 3.13. The smallest absolute Gasteiger partial charge is 0.160 e. The van der Waals surface area contributed by atoms with Crippen molar-refractivity contribution in [3.63, 3.8) is 0 Å². The van der Waals surface area contributed by atoms with E-state index in [1.807, 2.05) is 12.3 Å². The van der Waals surface area contributed by atoms with Gasteiger partial charge in [0.05, 0.1) is 0 Å². The molecule has 0 saturated heterocycles. The predicted molar refractivity (Wildman–Crippen MR) is 51.9 cm³/mol. The van der Waals surface area contributed by atoms with Crippen molar-refractivity contribution in [3.8, 4) is 0 Å². The van der Waals surface area contributed by atoms with Crippen LogP contribution >= 0.6 is 0 Å². The van der Waals surface area contributed by atoms with Gasteiger partial charge in [0, 0.05) is 12.7 Å². The van der Waals surface area contributed by atoms with Gasteiger partial charge in [0.25, 0.3) is 0 Å². The highest BCUT2D eigenvalue weighted by atomic mass is 16.5. The second-order valence-electron chi connectivity index (χ2n) is 3.13. The van der Waals surface area contributed by atoms with Gasteiger partial charge < -0.3 is 9.64 Å². The SMILES string of the molecule is C1=CN(CCc2ccccc2)CO1. The third-order valence-corrected chi connectivity index (χ3v) is 2.14. The van der Waals surface area contributed by atoms with E-state index in [0.717, 1.165) is 13.0 Å². The van der Waals surface area contributed by atoms with Gasteiger partial charge in [-0.3, -0.25) is 0 Å². The van der Waals surface area contributed by atoms with Gasteiger partial charge >= 0.3 is 0 Å². The van der Waals surface area contributed by atoms with Crippen molar-refractivity contribution < 1.29 is 4.74 Å². The van der Waals surface area contributed by atoms with Crippen molar-refractivity contribution in [2.75, 3.05) is 13.3 Å². The summed E-state index contributed by atoms with van der Waals surface area (Å²) in [5.41, 5.74) is 1.38. The monoisotopic (exact) mass is 175 g/mol. The van der Waals surface area contributed by atoms with Crippen molar-refractivity contribution in [1.82, 2.24) is 4.90 Å². The zero-order valence-electron chi connectivity index (χ0n) is 7.52. The molecule has 1 aliphatic rings.